The molecule has 2 atom stereocenters. The maximum absolute atomic E-state index is 12.9. The SMILES string of the molecule is COCCN1C[C@@H](C(=O)N2CCC[C@@H](CN3CCCC3)C2)CC1=O. The number of ether oxygens (including phenoxy) is 1. The van der Waals surface area contributed by atoms with Gasteiger partial charge < -0.3 is 19.4 Å². The van der Waals surface area contributed by atoms with E-state index in [0.29, 0.717) is 32.0 Å². The summed E-state index contributed by atoms with van der Waals surface area (Å²) in [6.45, 7) is 6.99. The molecule has 0 aromatic carbocycles. The van der Waals surface area contributed by atoms with Crippen LogP contribution in [-0.4, -0.2) is 86.0 Å². The number of hydrogen-bond acceptors (Lipinski definition) is 4. The highest BCUT2D eigenvalue weighted by atomic mass is 16.5. The van der Waals surface area contributed by atoms with Gasteiger partial charge in [0.1, 0.15) is 0 Å². The first-order chi connectivity index (χ1) is 11.7. The second kappa shape index (κ2) is 8.30. The van der Waals surface area contributed by atoms with E-state index in [2.05, 4.69) is 4.90 Å². The molecule has 24 heavy (non-hydrogen) atoms. The van der Waals surface area contributed by atoms with Crippen LogP contribution in [-0.2, 0) is 14.3 Å². The quantitative estimate of drug-likeness (QED) is 0.720. The Kier molecular flexibility index (Phi) is 6.11. The summed E-state index contributed by atoms with van der Waals surface area (Å²) in [6.07, 6.45) is 5.33. The summed E-state index contributed by atoms with van der Waals surface area (Å²) < 4.78 is 5.05. The molecule has 3 fully saturated rings. The van der Waals surface area contributed by atoms with E-state index in [4.69, 9.17) is 4.74 Å². The summed E-state index contributed by atoms with van der Waals surface area (Å²) in [5.74, 6) is 0.729. The lowest BCUT2D eigenvalue weighted by molar-refractivity contribution is -0.137. The number of methoxy groups -OCH3 is 1. The van der Waals surface area contributed by atoms with Crippen LogP contribution in [0.5, 0.6) is 0 Å². The summed E-state index contributed by atoms with van der Waals surface area (Å²) in [5, 5.41) is 0. The lowest BCUT2D eigenvalue weighted by Gasteiger charge is -2.36. The first kappa shape index (κ1) is 17.7. The minimum Gasteiger partial charge on any atom is -0.383 e. The molecule has 0 aliphatic carbocycles. The number of nitrogens with zero attached hydrogens (tertiary/aromatic N) is 3. The molecule has 0 unspecified atom stereocenters. The summed E-state index contributed by atoms with van der Waals surface area (Å²) in [5.41, 5.74) is 0. The fraction of sp³-hybridized carbons (Fsp3) is 0.889. The van der Waals surface area contributed by atoms with Crippen molar-refractivity contribution in [3.63, 3.8) is 0 Å². The number of amides is 2. The molecule has 3 aliphatic heterocycles. The van der Waals surface area contributed by atoms with E-state index < -0.39 is 0 Å². The molecule has 2 amide bonds. The molecule has 3 aliphatic rings. The van der Waals surface area contributed by atoms with Gasteiger partial charge in [-0.25, -0.2) is 0 Å². The molecule has 0 aromatic rings. The summed E-state index contributed by atoms with van der Waals surface area (Å²) >= 11 is 0. The standard InChI is InChI=1S/C18H31N3O3/c1-24-10-9-20-14-16(11-17(20)22)18(23)21-8-4-5-15(13-21)12-19-6-2-3-7-19/h15-16H,2-14H2,1H3/t15-,16-/m0/s1. The third-order valence-corrected chi connectivity index (χ3v) is 5.67. The normalized spacial score (nSPS) is 28.8. The number of hydrogen-bond donors (Lipinski definition) is 0. The van der Waals surface area contributed by atoms with Gasteiger partial charge in [0, 0.05) is 46.3 Å². The Bertz CT molecular complexity index is 451. The molecule has 0 bridgehead atoms. The van der Waals surface area contributed by atoms with E-state index >= 15 is 0 Å². The average molecular weight is 337 g/mol. The van der Waals surface area contributed by atoms with Crippen LogP contribution in [0.4, 0.5) is 0 Å². The minimum absolute atomic E-state index is 0.0935. The van der Waals surface area contributed by atoms with Crippen LogP contribution in [0.25, 0.3) is 0 Å². The van der Waals surface area contributed by atoms with Crippen molar-refractivity contribution in [1.29, 1.82) is 0 Å². The molecular weight excluding hydrogens is 306 g/mol. The van der Waals surface area contributed by atoms with Crippen molar-refractivity contribution in [3.8, 4) is 0 Å². The fourth-order valence-electron chi connectivity index (χ4n) is 4.36. The molecule has 136 valence electrons. The van der Waals surface area contributed by atoms with E-state index in [0.717, 1.165) is 26.1 Å². The van der Waals surface area contributed by atoms with E-state index in [9.17, 15) is 9.59 Å². The Hall–Kier alpha value is -1.14. The zero-order chi connectivity index (χ0) is 16.9. The van der Waals surface area contributed by atoms with E-state index in [1.54, 1.807) is 12.0 Å². The van der Waals surface area contributed by atoms with Crippen LogP contribution in [0.3, 0.4) is 0 Å². The number of piperidine rings is 1. The van der Waals surface area contributed by atoms with Gasteiger partial charge in [-0.3, -0.25) is 9.59 Å². The molecule has 6 heteroatoms. The van der Waals surface area contributed by atoms with Gasteiger partial charge in [-0.2, -0.15) is 0 Å². The molecule has 0 saturated carbocycles. The number of carbonyl (C=O) groups is 2. The molecule has 3 saturated heterocycles. The number of rotatable bonds is 6. The van der Waals surface area contributed by atoms with Gasteiger partial charge in [0.05, 0.1) is 12.5 Å². The molecule has 6 nitrogen and oxygen atoms in total. The van der Waals surface area contributed by atoms with Gasteiger partial charge in [-0.15, -0.1) is 0 Å². The topological polar surface area (TPSA) is 53.1 Å². The van der Waals surface area contributed by atoms with Gasteiger partial charge in [-0.05, 0) is 44.7 Å². The molecule has 0 aromatic heterocycles. The van der Waals surface area contributed by atoms with Gasteiger partial charge in [-0.1, -0.05) is 0 Å². The van der Waals surface area contributed by atoms with Gasteiger partial charge in [0.15, 0.2) is 0 Å². The second-order valence-corrected chi connectivity index (χ2v) is 7.53. The largest absolute Gasteiger partial charge is 0.383 e. The predicted octanol–water partition coefficient (Wildman–Crippen LogP) is 0.816. The second-order valence-electron chi connectivity index (χ2n) is 7.53. The molecule has 0 N–H and O–H groups in total. The minimum atomic E-state index is -0.153. The average Bonchev–Trinajstić information content (AvgIpc) is 3.22. The van der Waals surface area contributed by atoms with Crippen LogP contribution in [0.2, 0.25) is 0 Å². The molecule has 0 radical (unpaired) electrons. The smallest absolute Gasteiger partial charge is 0.228 e. The van der Waals surface area contributed by atoms with Gasteiger partial charge in [0.25, 0.3) is 0 Å². The zero-order valence-corrected chi connectivity index (χ0v) is 14.9. The van der Waals surface area contributed by atoms with Crippen molar-refractivity contribution in [1.82, 2.24) is 14.7 Å². The third-order valence-electron chi connectivity index (χ3n) is 5.67. The van der Waals surface area contributed by atoms with Crippen molar-refractivity contribution in [3.05, 3.63) is 0 Å². The lowest BCUT2D eigenvalue weighted by atomic mass is 9.95. The molecule has 3 heterocycles. The maximum Gasteiger partial charge on any atom is 0.228 e. The van der Waals surface area contributed by atoms with Crippen molar-refractivity contribution in [2.75, 3.05) is 59.5 Å². The Labute approximate surface area is 145 Å². The van der Waals surface area contributed by atoms with E-state index in [-0.39, 0.29) is 17.7 Å². The van der Waals surface area contributed by atoms with Crippen LogP contribution < -0.4 is 0 Å². The summed E-state index contributed by atoms with van der Waals surface area (Å²) in [6, 6.07) is 0. The van der Waals surface area contributed by atoms with Crippen LogP contribution in [0, 0.1) is 11.8 Å². The van der Waals surface area contributed by atoms with Crippen molar-refractivity contribution < 1.29 is 14.3 Å². The third kappa shape index (κ3) is 4.28. The maximum atomic E-state index is 12.9. The Balaban J connectivity index is 1.50. The zero-order valence-electron chi connectivity index (χ0n) is 14.9. The summed E-state index contributed by atoms with van der Waals surface area (Å²) in [4.78, 5) is 31.3. The number of carbonyl (C=O) groups excluding carboxylic acids is 2. The summed E-state index contributed by atoms with van der Waals surface area (Å²) in [7, 11) is 1.64. The van der Waals surface area contributed by atoms with Crippen molar-refractivity contribution in [2.45, 2.75) is 32.1 Å². The predicted molar refractivity (Wildman–Crippen MR) is 91.5 cm³/mol. The Morgan fingerprint density at radius 3 is 2.71 bits per heavy atom. The van der Waals surface area contributed by atoms with E-state index in [1.165, 1.54) is 32.4 Å². The highest BCUT2D eigenvalue weighted by Crippen LogP contribution is 2.25. The molecule has 0 spiro atoms. The van der Waals surface area contributed by atoms with Crippen LogP contribution in [0.15, 0.2) is 0 Å². The van der Waals surface area contributed by atoms with E-state index in [1.807, 2.05) is 4.90 Å². The van der Waals surface area contributed by atoms with Crippen molar-refractivity contribution >= 4 is 11.8 Å². The fourth-order valence-corrected chi connectivity index (χ4v) is 4.36. The monoisotopic (exact) mass is 337 g/mol. The number of likely N-dealkylation sites (tertiary alicyclic amines) is 3. The van der Waals surface area contributed by atoms with Crippen LogP contribution in [0.1, 0.15) is 32.1 Å². The van der Waals surface area contributed by atoms with Gasteiger partial charge >= 0.3 is 0 Å². The van der Waals surface area contributed by atoms with Crippen LogP contribution >= 0.6 is 0 Å². The van der Waals surface area contributed by atoms with Crippen molar-refractivity contribution in [2.24, 2.45) is 11.8 Å². The first-order valence-electron chi connectivity index (χ1n) is 9.45. The highest BCUT2D eigenvalue weighted by molar-refractivity contribution is 5.89. The molecular formula is C18H31N3O3. The Morgan fingerprint density at radius 2 is 1.96 bits per heavy atom. The lowest BCUT2D eigenvalue weighted by Crippen LogP contribution is -2.46. The highest BCUT2D eigenvalue weighted by Gasteiger charge is 2.37. The first-order valence-corrected chi connectivity index (χ1v) is 9.45. The van der Waals surface area contributed by atoms with Gasteiger partial charge in [0.2, 0.25) is 11.8 Å². The Morgan fingerprint density at radius 1 is 1.17 bits per heavy atom. The molecule has 3 rings (SSSR count).